The maximum Gasteiger partial charge on any atom is 0.332 e. The van der Waals surface area contributed by atoms with E-state index in [1.807, 2.05) is 0 Å². The molecule has 1 aromatic carbocycles. The molecule has 0 radical (unpaired) electrons. The topological polar surface area (TPSA) is 86.5 Å². The van der Waals surface area contributed by atoms with E-state index < -0.39 is 22.1 Å². The zero-order valence-corrected chi connectivity index (χ0v) is 10.2. The van der Waals surface area contributed by atoms with Crippen LogP contribution < -0.4 is 0 Å². The third-order valence-corrected chi connectivity index (χ3v) is 2.44. The van der Waals surface area contributed by atoms with Gasteiger partial charge in [-0.2, -0.15) is 0 Å². The highest BCUT2D eigenvalue weighted by Gasteiger charge is 2.27. The van der Waals surface area contributed by atoms with Gasteiger partial charge in [0, 0.05) is 17.7 Å². The number of nitrogens with zero attached hydrogens (tertiary/aromatic N) is 1. The number of hydrogen-bond acceptors (Lipinski definition) is 5. The predicted molar refractivity (Wildman–Crippen MR) is 63.7 cm³/mol. The molecule has 1 rings (SSSR count). The molecule has 1 unspecified atom stereocenters. The van der Waals surface area contributed by atoms with Gasteiger partial charge < -0.3 is 4.74 Å². The summed E-state index contributed by atoms with van der Waals surface area (Å²) in [5.74, 6) is -1.59. The second kappa shape index (κ2) is 6.11. The number of carbonyl (C=O) groups is 2. The van der Waals surface area contributed by atoms with Crippen molar-refractivity contribution in [1.82, 2.24) is 0 Å². The minimum absolute atomic E-state index is 0.00254. The predicted octanol–water partition coefficient (Wildman–Crippen LogP) is 1.95. The number of nitro benzene ring substituents is 1. The van der Waals surface area contributed by atoms with Gasteiger partial charge in [-0.05, 0) is 6.92 Å². The molecule has 96 valence electrons. The summed E-state index contributed by atoms with van der Waals surface area (Å²) in [6.45, 7) is 1.68. The first kappa shape index (κ1) is 14.1. The van der Waals surface area contributed by atoms with E-state index in [1.54, 1.807) is 6.92 Å². The molecule has 0 saturated carbocycles. The minimum atomic E-state index is -1.49. The highest BCUT2D eigenvalue weighted by molar-refractivity contribution is 6.43. The number of ketones is 1. The maximum atomic E-state index is 11.8. The van der Waals surface area contributed by atoms with Gasteiger partial charge in [-0.25, -0.2) is 4.79 Å². The lowest BCUT2D eigenvalue weighted by Crippen LogP contribution is -2.26. The van der Waals surface area contributed by atoms with Crippen LogP contribution in [0.1, 0.15) is 17.3 Å². The summed E-state index contributed by atoms with van der Waals surface area (Å²) in [6.07, 6.45) is 0. The molecule has 1 aromatic rings. The second-order valence-corrected chi connectivity index (χ2v) is 3.72. The van der Waals surface area contributed by atoms with Crippen LogP contribution in [0.4, 0.5) is 5.69 Å². The molecular formula is C11H10ClNO5. The van der Waals surface area contributed by atoms with E-state index in [0.29, 0.717) is 0 Å². The summed E-state index contributed by atoms with van der Waals surface area (Å²) in [7, 11) is 0. The van der Waals surface area contributed by atoms with E-state index in [9.17, 15) is 19.7 Å². The van der Waals surface area contributed by atoms with Gasteiger partial charge in [0.05, 0.1) is 11.5 Å². The SMILES string of the molecule is CCOC(=O)C(Cl)C(=O)c1cccc([N+](=O)[O-])c1. The van der Waals surface area contributed by atoms with Crippen LogP contribution >= 0.6 is 11.6 Å². The molecule has 0 saturated heterocycles. The maximum absolute atomic E-state index is 11.8. The third-order valence-electron chi connectivity index (χ3n) is 2.07. The lowest BCUT2D eigenvalue weighted by Gasteiger charge is -2.07. The fraction of sp³-hybridized carbons (Fsp3) is 0.273. The highest BCUT2D eigenvalue weighted by Crippen LogP contribution is 2.16. The Balaban J connectivity index is 2.93. The first-order valence-electron chi connectivity index (χ1n) is 5.06. The first-order valence-corrected chi connectivity index (χ1v) is 5.50. The van der Waals surface area contributed by atoms with Crippen molar-refractivity contribution in [2.45, 2.75) is 12.3 Å². The number of halogens is 1. The summed E-state index contributed by atoms with van der Waals surface area (Å²) >= 11 is 5.63. The minimum Gasteiger partial charge on any atom is -0.465 e. The van der Waals surface area contributed by atoms with Crippen molar-refractivity contribution in [3.8, 4) is 0 Å². The fourth-order valence-corrected chi connectivity index (χ4v) is 1.43. The van der Waals surface area contributed by atoms with Crippen molar-refractivity contribution in [3.05, 3.63) is 39.9 Å². The average Bonchev–Trinajstić information content (AvgIpc) is 2.37. The van der Waals surface area contributed by atoms with E-state index in [2.05, 4.69) is 4.74 Å². The lowest BCUT2D eigenvalue weighted by molar-refractivity contribution is -0.384. The van der Waals surface area contributed by atoms with Gasteiger partial charge in [-0.1, -0.05) is 12.1 Å². The standard InChI is InChI=1S/C11H10ClNO5/c1-2-18-11(15)9(12)10(14)7-4-3-5-8(6-7)13(16)17/h3-6,9H,2H2,1H3. The van der Waals surface area contributed by atoms with Crippen LogP contribution in [0.25, 0.3) is 0 Å². The van der Waals surface area contributed by atoms with Crippen LogP contribution in [0.15, 0.2) is 24.3 Å². The van der Waals surface area contributed by atoms with Crippen molar-refractivity contribution in [2.75, 3.05) is 6.61 Å². The van der Waals surface area contributed by atoms with Crippen LogP contribution in [0.3, 0.4) is 0 Å². The Kier molecular flexibility index (Phi) is 4.79. The van der Waals surface area contributed by atoms with Gasteiger partial charge in [0.25, 0.3) is 5.69 Å². The highest BCUT2D eigenvalue weighted by atomic mass is 35.5. The molecule has 0 fully saturated rings. The van der Waals surface area contributed by atoms with Crippen molar-refractivity contribution in [3.63, 3.8) is 0 Å². The molecule has 0 aliphatic rings. The fourth-order valence-electron chi connectivity index (χ4n) is 1.24. The van der Waals surface area contributed by atoms with Gasteiger partial charge >= 0.3 is 5.97 Å². The number of benzene rings is 1. The molecule has 0 N–H and O–H groups in total. The monoisotopic (exact) mass is 271 g/mol. The summed E-state index contributed by atoms with van der Waals surface area (Å²) in [4.78, 5) is 33.0. The van der Waals surface area contributed by atoms with E-state index >= 15 is 0 Å². The Morgan fingerprint density at radius 2 is 2.17 bits per heavy atom. The Hall–Kier alpha value is -1.95. The van der Waals surface area contributed by atoms with Crippen LogP contribution in [0, 0.1) is 10.1 Å². The van der Waals surface area contributed by atoms with Crippen LogP contribution in [0.5, 0.6) is 0 Å². The molecule has 0 aromatic heterocycles. The second-order valence-electron chi connectivity index (χ2n) is 3.29. The zero-order valence-electron chi connectivity index (χ0n) is 9.46. The van der Waals surface area contributed by atoms with Crippen LogP contribution in [-0.2, 0) is 9.53 Å². The van der Waals surface area contributed by atoms with E-state index in [-0.39, 0.29) is 17.9 Å². The molecule has 0 aliphatic carbocycles. The Bertz CT molecular complexity index is 488. The average molecular weight is 272 g/mol. The third kappa shape index (κ3) is 3.27. The van der Waals surface area contributed by atoms with Crippen molar-refractivity contribution in [2.24, 2.45) is 0 Å². The molecule has 7 heteroatoms. The van der Waals surface area contributed by atoms with Gasteiger partial charge in [0.15, 0.2) is 11.2 Å². The van der Waals surface area contributed by atoms with Gasteiger partial charge in [0.1, 0.15) is 0 Å². The Morgan fingerprint density at radius 3 is 2.72 bits per heavy atom. The number of esters is 1. The molecule has 1 atom stereocenters. The van der Waals surface area contributed by atoms with Gasteiger partial charge in [-0.15, -0.1) is 11.6 Å². The zero-order chi connectivity index (χ0) is 13.7. The summed E-state index contributed by atoms with van der Waals surface area (Å²) in [5.41, 5.74) is -0.245. The summed E-state index contributed by atoms with van der Waals surface area (Å²) < 4.78 is 4.60. The van der Waals surface area contributed by atoms with E-state index in [1.165, 1.54) is 18.2 Å². The van der Waals surface area contributed by atoms with E-state index in [0.717, 1.165) is 6.07 Å². The number of hydrogen-bond donors (Lipinski definition) is 0. The van der Waals surface area contributed by atoms with Crippen molar-refractivity contribution >= 4 is 29.0 Å². The number of rotatable bonds is 5. The van der Waals surface area contributed by atoms with E-state index in [4.69, 9.17) is 11.6 Å². The van der Waals surface area contributed by atoms with Crippen molar-refractivity contribution < 1.29 is 19.2 Å². The smallest absolute Gasteiger partial charge is 0.332 e. The van der Waals surface area contributed by atoms with Crippen LogP contribution in [0.2, 0.25) is 0 Å². The number of nitro groups is 1. The number of carbonyl (C=O) groups excluding carboxylic acids is 2. The molecule has 0 bridgehead atoms. The first-order chi connectivity index (χ1) is 8.47. The van der Waals surface area contributed by atoms with Crippen LogP contribution in [-0.4, -0.2) is 28.7 Å². The number of alkyl halides is 1. The molecule has 0 heterocycles. The molecule has 18 heavy (non-hydrogen) atoms. The normalized spacial score (nSPS) is 11.7. The summed E-state index contributed by atoms with van der Waals surface area (Å²) in [5, 5.41) is 9.06. The molecule has 0 aliphatic heterocycles. The Morgan fingerprint density at radius 1 is 1.50 bits per heavy atom. The molecule has 0 amide bonds. The number of Topliss-reactive ketones (excluding diaryl/α,β-unsaturated/α-hetero) is 1. The number of non-ortho nitro benzene ring substituents is 1. The van der Waals surface area contributed by atoms with Crippen molar-refractivity contribution in [1.29, 1.82) is 0 Å². The quantitative estimate of drug-likeness (QED) is 0.204. The van der Waals surface area contributed by atoms with Gasteiger partial charge in [-0.3, -0.25) is 14.9 Å². The Labute approximate surface area is 108 Å². The molecule has 6 nitrogen and oxygen atoms in total. The largest absolute Gasteiger partial charge is 0.465 e. The molecular weight excluding hydrogens is 262 g/mol. The summed E-state index contributed by atoms with van der Waals surface area (Å²) in [6, 6.07) is 5.01. The lowest BCUT2D eigenvalue weighted by atomic mass is 10.1. The number of ether oxygens (including phenoxy) is 1. The molecule has 0 spiro atoms. The van der Waals surface area contributed by atoms with Gasteiger partial charge in [0.2, 0.25) is 0 Å².